The van der Waals surface area contributed by atoms with Gasteiger partial charge < -0.3 is 4.74 Å². The van der Waals surface area contributed by atoms with Crippen LogP contribution in [0.5, 0.6) is 0 Å². The standard InChI is InChI=1S/C22H12O2.C2H6.5CH4.15H2/c1-3-5-7-8-9-10-11-12-13-14-15-16-17-18-19-20-22(23)24-21-6-4-2;1-2;;;;;;;;;;;;;;;;;;;;/h4,6,21H2,1-2H3;1-2H3;5*1H4;15*1H. The number of esters is 1. The molecule has 0 N–H and O–H groups in total. The first-order valence-electron chi connectivity index (χ1n) is 7.90. The zero-order chi connectivity index (χ0) is 19.7. The summed E-state index contributed by atoms with van der Waals surface area (Å²) in [6.45, 7) is 8.07. The Morgan fingerprint density at radius 1 is 0.645 bits per heavy atom. The third-order valence-corrected chi connectivity index (χ3v) is 1.83. The highest BCUT2D eigenvalue weighted by atomic mass is 16.5. The van der Waals surface area contributed by atoms with Gasteiger partial charge in [-0.15, -0.1) is 0 Å². The predicted molar refractivity (Wildman–Crippen MR) is 170 cm³/mol. The number of unbranched alkanes of at least 4 members (excludes halogenated alkanes) is 1. The molecule has 0 aliphatic heterocycles. The van der Waals surface area contributed by atoms with Gasteiger partial charge in [-0.3, -0.25) is 0 Å². The topological polar surface area (TPSA) is 26.3 Å². The van der Waals surface area contributed by atoms with Crippen LogP contribution in [0.1, 0.15) is 99.1 Å². The summed E-state index contributed by atoms with van der Waals surface area (Å²) < 4.78 is 4.82. The van der Waals surface area contributed by atoms with Crippen molar-refractivity contribution < 1.29 is 30.9 Å². The van der Waals surface area contributed by atoms with E-state index in [0.717, 1.165) is 12.8 Å². The second-order valence-electron chi connectivity index (χ2n) is 3.61. The van der Waals surface area contributed by atoms with E-state index < -0.39 is 5.97 Å². The van der Waals surface area contributed by atoms with E-state index >= 15 is 0 Å². The molecule has 2 heteroatoms. The first-order valence-corrected chi connectivity index (χ1v) is 7.90. The minimum Gasteiger partial charge on any atom is -0.456 e. The SMILES string of the molecule is C.C.C.C.C.CC.CC#CC#CC#CC#CC#CC#CC#CC#CC(=O)OCCCC.[HH].[HH].[HH].[HH].[HH].[HH].[HH].[HH].[HH].[HH].[HH].[HH].[HH].[HH].[HH]. The Labute approximate surface area is 217 Å². The fourth-order valence-electron chi connectivity index (χ4n) is 0.865. The van der Waals surface area contributed by atoms with Gasteiger partial charge in [-0.05, 0) is 96.2 Å². The maximum Gasteiger partial charge on any atom is 0.385 e. The number of carbonyl (C=O) groups excluding carboxylic acids is 1. The van der Waals surface area contributed by atoms with E-state index in [4.69, 9.17) is 4.74 Å². The molecule has 0 atom stereocenters. The molecule has 0 unspecified atom stereocenters. The van der Waals surface area contributed by atoms with Gasteiger partial charge in [0, 0.05) is 27.3 Å². The van der Waals surface area contributed by atoms with Crippen LogP contribution in [0.4, 0.5) is 0 Å². The summed E-state index contributed by atoms with van der Waals surface area (Å²) in [7, 11) is 0. The number of rotatable bonds is 3. The Morgan fingerprint density at radius 2 is 0.968 bits per heavy atom. The molecule has 0 aromatic heterocycles. The van der Waals surface area contributed by atoms with E-state index in [1.165, 1.54) is 0 Å². The lowest BCUT2D eigenvalue weighted by molar-refractivity contribution is -0.136. The minimum absolute atomic E-state index is 0. The monoisotopic (exact) mass is 449 g/mol. The average Bonchev–Trinajstić information content (AvgIpc) is 2.66. The fourth-order valence-corrected chi connectivity index (χ4v) is 0.865. The van der Waals surface area contributed by atoms with Crippen molar-refractivity contribution in [2.75, 3.05) is 6.61 Å². The van der Waals surface area contributed by atoms with Gasteiger partial charge in [0.15, 0.2) is 0 Å². The van der Waals surface area contributed by atoms with E-state index in [-0.39, 0.29) is 58.5 Å². The molecule has 0 aliphatic carbocycles. The maximum absolute atomic E-state index is 11.1. The lowest BCUT2D eigenvalue weighted by Crippen LogP contribution is -2.02. The summed E-state index contributed by atoms with van der Waals surface area (Å²) in [6, 6.07) is 0. The summed E-state index contributed by atoms with van der Waals surface area (Å²) in [5.74, 6) is 38.9. The summed E-state index contributed by atoms with van der Waals surface area (Å²) in [4.78, 5) is 11.1. The van der Waals surface area contributed by atoms with Crippen LogP contribution in [-0.2, 0) is 9.53 Å². The molecule has 0 fully saturated rings. The van der Waals surface area contributed by atoms with Crippen LogP contribution in [0.3, 0.4) is 0 Å². The van der Waals surface area contributed by atoms with E-state index in [2.05, 4.69) is 94.7 Å². The molecule has 0 spiro atoms. The van der Waals surface area contributed by atoms with Crippen molar-refractivity contribution in [3.63, 3.8) is 0 Å². The molecule has 0 aromatic rings. The van der Waals surface area contributed by atoms with Crippen molar-refractivity contribution in [2.24, 2.45) is 0 Å². The highest BCUT2D eigenvalue weighted by Gasteiger charge is 1.93. The van der Waals surface area contributed by atoms with Gasteiger partial charge in [0.25, 0.3) is 0 Å². The summed E-state index contributed by atoms with van der Waals surface area (Å²) in [5.41, 5.74) is 0. The highest BCUT2D eigenvalue weighted by molar-refractivity contribution is 5.89. The molecule has 2 nitrogen and oxygen atoms in total. The van der Waals surface area contributed by atoms with E-state index in [1.54, 1.807) is 6.92 Å². The first kappa shape index (κ1) is 45.6. The van der Waals surface area contributed by atoms with Gasteiger partial charge in [0.1, 0.15) is 0 Å². The molecule has 0 saturated heterocycles. The Morgan fingerprint density at radius 3 is 1.29 bits per heavy atom. The molecular weight excluding hydrogens is 380 g/mol. The van der Waals surface area contributed by atoms with Crippen molar-refractivity contribution in [3.8, 4) is 94.7 Å². The van der Waals surface area contributed by atoms with Crippen LogP contribution >= 0.6 is 0 Å². The second-order valence-corrected chi connectivity index (χ2v) is 3.61. The van der Waals surface area contributed by atoms with Gasteiger partial charge >= 0.3 is 5.97 Å². The highest BCUT2D eigenvalue weighted by Crippen LogP contribution is 1.87. The molecule has 31 heavy (non-hydrogen) atoms. The van der Waals surface area contributed by atoms with Crippen LogP contribution < -0.4 is 0 Å². The average molecular weight is 449 g/mol. The summed E-state index contributed by atoms with van der Waals surface area (Å²) in [6.07, 6.45) is 1.77. The lowest BCUT2D eigenvalue weighted by atomic mass is 10.4. The molecular formula is C29H68O2. The van der Waals surface area contributed by atoms with Crippen LogP contribution in [0.2, 0.25) is 0 Å². The van der Waals surface area contributed by atoms with Gasteiger partial charge in [0.2, 0.25) is 0 Å². The minimum atomic E-state index is -0.590. The van der Waals surface area contributed by atoms with E-state index in [0.29, 0.717) is 6.61 Å². The third kappa shape index (κ3) is 46.2. The fraction of sp³-hybridized carbons (Fsp3) is 0.414. The molecule has 0 heterocycles. The molecule has 0 aromatic carbocycles. The molecule has 0 rings (SSSR count). The predicted octanol–water partition coefficient (Wildman–Crippen LogP) is 9.27. The third-order valence-electron chi connectivity index (χ3n) is 1.83. The lowest BCUT2D eigenvalue weighted by Gasteiger charge is -1.95. The maximum atomic E-state index is 11.1. The number of hydrogen-bond acceptors (Lipinski definition) is 2. The van der Waals surface area contributed by atoms with Crippen LogP contribution in [-0.4, -0.2) is 12.6 Å². The number of ether oxygens (including phenoxy) is 1. The number of carbonyl (C=O) groups is 1. The van der Waals surface area contributed by atoms with Crippen molar-refractivity contribution >= 4 is 5.97 Å². The molecule has 0 saturated carbocycles. The largest absolute Gasteiger partial charge is 0.456 e. The van der Waals surface area contributed by atoms with E-state index in [1.807, 2.05) is 20.8 Å². The molecule has 0 aliphatic rings. The van der Waals surface area contributed by atoms with Gasteiger partial charge in [-0.1, -0.05) is 70.2 Å². The Balaban J connectivity index is -0.0000000128. The Hall–Kier alpha value is -4.05. The van der Waals surface area contributed by atoms with Crippen LogP contribution in [0, 0.1) is 94.7 Å². The van der Waals surface area contributed by atoms with Crippen LogP contribution in [0.15, 0.2) is 0 Å². The van der Waals surface area contributed by atoms with Gasteiger partial charge in [-0.2, -0.15) is 0 Å². The summed E-state index contributed by atoms with van der Waals surface area (Å²) >= 11 is 0. The zero-order valence-electron chi connectivity index (χ0n) is 15.4. The Kier molecular flexibility index (Phi) is 66.2. The smallest absolute Gasteiger partial charge is 0.385 e. The van der Waals surface area contributed by atoms with Crippen molar-refractivity contribution in [1.29, 1.82) is 0 Å². The normalized spacial score (nSPS) is 4.52. The van der Waals surface area contributed by atoms with Crippen molar-refractivity contribution in [2.45, 2.75) is 77.7 Å². The molecule has 0 bridgehead atoms. The van der Waals surface area contributed by atoms with Crippen molar-refractivity contribution in [1.82, 2.24) is 0 Å². The zero-order valence-corrected chi connectivity index (χ0v) is 15.4. The van der Waals surface area contributed by atoms with Crippen LogP contribution in [0.25, 0.3) is 0 Å². The van der Waals surface area contributed by atoms with Crippen molar-refractivity contribution in [3.05, 3.63) is 0 Å². The Bertz CT molecular complexity index is 977. The van der Waals surface area contributed by atoms with E-state index in [9.17, 15) is 4.79 Å². The van der Waals surface area contributed by atoms with Gasteiger partial charge in [-0.25, -0.2) is 4.79 Å². The number of hydrogen-bond donors (Lipinski definition) is 0. The molecule has 0 radical (unpaired) electrons. The first-order chi connectivity index (χ1) is 12.8. The quantitative estimate of drug-likeness (QED) is 0.186. The molecule has 196 valence electrons. The summed E-state index contributed by atoms with van der Waals surface area (Å²) in [5, 5.41) is 0. The second kappa shape index (κ2) is 45.0. The molecule has 0 amide bonds. The van der Waals surface area contributed by atoms with Gasteiger partial charge in [0.05, 0.1) is 6.61 Å².